The summed E-state index contributed by atoms with van der Waals surface area (Å²) in [6, 6.07) is 0. The second kappa shape index (κ2) is 960. The molecule has 0 rings (SSSR count). The second-order valence-electron chi connectivity index (χ2n) is 0. The fourth-order valence-corrected chi connectivity index (χ4v) is 0. The number of hydrogen-bond donors (Lipinski definition) is 0. The van der Waals surface area contributed by atoms with Gasteiger partial charge in [0, 0.05) is 0 Å². The first-order valence-corrected chi connectivity index (χ1v) is 0.707. The zero-order valence-corrected chi connectivity index (χ0v) is 6.02. The van der Waals surface area contributed by atoms with Crippen LogP contribution in [0.4, 0.5) is 0 Å². The van der Waals surface area contributed by atoms with Gasteiger partial charge in [-0.05, 0) is 0 Å². The maximum absolute atomic E-state index is 7.75. The number of rotatable bonds is 0. The van der Waals surface area contributed by atoms with Crippen molar-refractivity contribution < 1.29 is 31.7 Å². The summed E-state index contributed by atoms with van der Waals surface area (Å²) in [5.41, 5.74) is 0. The van der Waals surface area contributed by atoms with Crippen molar-refractivity contribution in [2.75, 3.05) is 0 Å². The van der Waals surface area contributed by atoms with Gasteiger partial charge in [0.15, 0.2) is 0 Å². The molecule has 0 fully saturated rings. The Morgan fingerprint density at radius 3 is 0.625 bits per heavy atom. The standard InChI is InChI=1S/3CHO.CH3.Cr.2H/c3*1-2;;;;/h3*1H;1H3;;;/q4*-1;;;. The first-order chi connectivity index (χ1) is 3.00. The predicted octanol–water partition coefficient (Wildman–Crippen LogP) is -0.910. The summed E-state index contributed by atoms with van der Waals surface area (Å²) in [5, 5.41) is 0. The van der Waals surface area contributed by atoms with Crippen molar-refractivity contribution in [1.29, 1.82) is 0 Å². The van der Waals surface area contributed by atoms with Crippen LogP contribution in [0.2, 0.25) is 0 Å². The molecule has 52 valence electrons. The first-order valence-electron chi connectivity index (χ1n) is 0.707. The molecular weight excluding hydrogens is 148 g/mol. The Hall–Kier alpha value is -0.458. The summed E-state index contributed by atoms with van der Waals surface area (Å²) in [6.45, 7) is 9.75. The average molecular weight is 156 g/mol. The molecule has 0 radical (unpaired) electrons. The minimum absolute atomic E-state index is 0. The summed E-state index contributed by atoms with van der Waals surface area (Å²) >= 11 is 0. The Morgan fingerprint density at radius 2 is 0.625 bits per heavy atom. The molecule has 0 spiro atoms. The Kier molecular flexibility index (Phi) is 5990. The molecule has 0 aliphatic rings. The molecular formula is C4H8CrO3-4. The van der Waals surface area contributed by atoms with Crippen LogP contribution in [0.5, 0.6) is 0 Å². The molecule has 0 unspecified atom stereocenters. The molecule has 0 bridgehead atoms. The summed E-state index contributed by atoms with van der Waals surface area (Å²) < 4.78 is 0. The Balaban J connectivity index is -0.00000000500. The summed E-state index contributed by atoms with van der Waals surface area (Å²) in [5.74, 6) is 0. The average Bonchev–Trinajstić information content (AvgIpc) is 1.81. The molecule has 3 nitrogen and oxygen atoms in total. The molecule has 0 heterocycles. The van der Waals surface area contributed by atoms with Crippen LogP contribution in [0.15, 0.2) is 0 Å². The predicted molar refractivity (Wildman–Crippen MR) is 29.5 cm³/mol. The van der Waals surface area contributed by atoms with E-state index in [9.17, 15) is 0 Å². The molecule has 0 N–H and O–H groups in total. The van der Waals surface area contributed by atoms with Gasteiger partial charge >= 0.3 is 17.4 Å². The van der Waals surface area contributed by atoms with Crippen LogP contribution in [0.1, 0.15) is 0 Å². The van der Waals surface area contributed by atoms with E-state index in [4.69, 9.17) is 14.4 Å². The Bertz CT molecular complexity index is 16.0. The Morgan fingerprint density at radius 1 is 0.625 bits per heavy atom. The van der Waals surface area contributed by atoms with Gasteiger partial charge < -0.3 is 21.8 Å². The Labute approximate surface area is 60.2 Å². The van der Waals surface area contributed by atoms with E-state index in [0.29, 0.717) is 0 Å². The molecule has 8 heavy (non-hydrogen) atoms. The summed E-state index contributed by atoms with van der Waals surface area (Å²) in [6.07, 6.45) is 0. The van der Waals surface area contributed by atoms with Crippen LogP contribution in [-0.4, -0.2) is 20.4 Å². The first kappa shape index (κ1) is 49.9. The van der Waals surface area contributed by atoms with Gasteiger partial charge in [0.2, 0.25) is 0 Å². The molecule has 0 aromatic heterocycles. The van der Waals surface area contributed by atoms with Gasteiger partial charge in [0.05, 0.1) is 0 Å². The van der Waals surface area contributed by atoms with E-state index in [1.807, 2.05) is 0 Å². The molecule has 4 heteroatoms. The molecule has 0 aromatic carbocycles. The molecule has 0 atom stereocenters. The minimum atomic E-state index is 0. The van der Waals surface area contributed by atoms with E-state index in [1.54, 1.807) is 0 Å². The SMILES string of the molecule is [CH-]=O.[CH-]=O.[CH-]=O.[CH3-].[CrH2]. The van der Waals surface area contributed by atoms with Gasteiger partial charge in [0.1, 0.15) is 0 Å². The van der Waals surface area contributed by atoms with Crippen molar-refractivity contribution in [2.24, 2.45) is 0 Å². The van der Waals surface area contributed by atoms with E-state index in [1.165, 1.54) is 0 Å². The third-order valence-electron chi connectivity index (χ3n) is 0. The molecule has 0 saturated heterocycles. The number of hydrogen-bond acceptors (Lipinski definition) is 3. The van der Waals surface area contributed by atoms with Crippen molar-refractivity contribution in [2.45, 2.75) is 0 Å². The van der Waals surface area contributed by atoms with Crippen LogP contribution in [0.3, 0.4) is 0 Å². The molecule has 0 aromatic rings. The van der Waals surface area contributed by atoms with Crippen LogP contribution < -0.4 is 0 Å². The second-order valence-corrected chi connectivity index (χ2v) is 0. The van der Waals surface area contributed by atoms with Crippen LogP contribution >= 0.6 is 0 Å². The van der Waals surface area contributed by atoms with Gasteiger partial charge in [-0.1, -0.05) is 0 Å². The summed E-state index contributed by atoms with van der Waals surface area (Å²) in [7, 11) is 0. The van der Waals surface area contributed by atoms with Crippen LogP contribution in [0.25, 0.3) is 0 Å². The van der Waals surface area contributed by atoms with Gasteiger partial charge in [0.25, 0.3) is 0 Å². The summed E-state index contributed by atoms with van der Waals surface area (Å²) in [4.78, 5) is 23.2. The topological polar surface area (TPSA) is 51.2 Å². The zero-order valence-electron chi connectivity index (χ0n) is 4.46. The monoisotopic (exact) mass is 156 g/mol. The number of carbonyl (C=O) groups excluding carboxylic acids is 3. The van der Waals surface area contributed by atoms with E-state index in [0.717, 1.165) is 0 Å². The van der Waals surface area contributed by atoms with Gasteiger partial charge in [-0.15, -0.1) is 0 Å². The van der Waals surface area contributed by atoms with Crippen molar-refractivity contribution in [1.82, 2.24) is 0 Å². The van der Waals surface area contributed by atoms with E-state index < -0.39 is 0 Å². The quantitative estimate of drug-likeness (QED) is 0.337. The van der Waals surface area contributed by atoms with Gasteiger partial charge in [-0.2, -0.15) is 0 Å². The maximum atomic E-state index is 7.75. The third-order valence-corrected chi connectivity index (χ3v) is 0. The zero-order chi connectivity index (χ0) is 6.00. The van der Waals surface area contributed by atoms with Crippen molar-refractivity contribution in [3.8, 4) is 0 Å². The van der Waals surface area contributed by atoms with E-state index in [-0.39, 0.29) is 24.8 Å². The molecule has 0 aliphatic carbocycles. The van der Waals surface area contributed by atoms with Crippen molar-refractivity contribution in [3.63, 3.8) is 0 Å². The fourth-order valence-electron chi connectivity index (χ4n) is 0. The van der Waals surface area contributed by atoms with E-state index >= 15 is 0 Å². The third kappa shape index (κ3) is 546. The van der Waals surface area contributed by atoms with Crippen molar-refractivity contribution in [3.05, 3.63) is 7.43 Å². The molecule has 0 saturated carbocycles. The normalized spacial score (nSPS) is 1.50. The van der Waals surface area contributed by atoms with Crippen molar-refractivity contribution >= 4 is 20.4 Å². The molecule has 0 amide bonds. The van der Waals surface area contributed by atoms with Gasteiger partial charge in [-0.3, -0.25) is 20.4 Å². The van der Waals surface area contributed by atoms with Crippen LogP contribution in [-0.2, 0) is 31.7 Å². The van der Waals surface area contributed by atoms with E-state index in [2.05, 4.69) is 20.4 Å². The molecule has 0 aliphatic heterocycles. The van der Waals surface area contributed by atoms with Crippen LogP contribution in [0, 0.1) is 7.43 Å². The van der Waals surface area contributed by atoms with Gasteiger partial charge in [-0.25, -0.2) is 0 Å². The fraction of sp³-hybridized carbons (Fsp3) is 0.